The molecule has 0 bridgehead atoms. The van der Waals surface area contributed by atoms with Crippen molar-refractivity contribution in [1.29, 1.82) is 0 Å². The van der Waals surface area contributed by atoms with E-state index in [0.717, 1.165) is 16.8 Å². The molecule has 0 saturated heterocycles. The van der Waals surface area contributed by atoms with Crippen molar-refractivity contribution in [3.8, 4) is 0 Å². The van der Waals surface area contributed by atoms with Gasteiger partial charge in [0.15, 0.2) is 0 Å². The lowest BCUT2D eigenvalue weighted by Crippen LogP contribution is -2.19. The number of hydrogen-bond donors (Lipinski definition) is 2. The lowest BCUT2D eigenvalue weighted by molar-refractivity contribution is 0.0954. The van der Waals surface area contributed by atoms with Gasteiger partial charge in [-0.15, -0.1) is 0 Å². The van der Waals surface area contributed by atoms with Crippen LogP contribution in [0.2, 0.25) is 0 Å². The molecule has 22 heavy (non-hydrogen) atoms. The number of aromatic nitrogens is 2. The molecule has 0 radical (unpaired) electrons. The topological polar surface area (TPSA) is 70.1 Å². The number of H-pyrrole nitrogens is 1. The third-order valence-corrected chi connectivity index (χ3v) is 3.41. The Balaban J connectivity index is 1.69. The van der Waals surface area contributed by atoms with Gasteiger partial charge in [-0.2, -0.15) is 5.10 Å². The lowest BCUT2D eigenvalue weighted by Gasteiger charge is -2.02. The molecule has 0 aliphatic rings. The molecule has 0 aliphatic heterocycles. The van der Waals surface area contributed by atoms with Crippen LogP contribution in [0.3, 0.4) is 0 Å². The summed E-state index contributed by atoms with van der Waals surface area (Å²) in [6, 6.07) is 11.4. The van der Waals surface area contributed by atoms with Gasteiger partial charge in [-0.05, 0) is 30.7 Å². The summed E-state index contributed by atoms with van der Waals surface area (Å²) in [4.78, 5) is 19.0. The monoisotopic (exact) mass is 292 g/mol. The number of nitrogens with one attached hydrogen (secondary N) is 2. The molecule has 0 unspecified atom stereocenters. The van der Waals surface area contributed by atoms with E-state index in [9.17, 15) is 4.79 Å². The fourth-order valence-corrected chi connectivity index (χ4v) is 2.31. The SMILES string of the molecule is C/C(Cc1c[nH]c2ccccc12)=N\NC(=O)c1ccncc1. The number of fused-ring (bicyclic) bond motifs is 1. The molecule has 0 aliphatic carbocycles. The lowest BCUT2D eigenvalue weighted by atomic mass is 10.1. The average molecular weight is 292 g/mol. The number of amides is 1. The van der Waals surface area contributed by atoms with Crippen molar-refractivity contribution >= 4 is 22.5 Å². The molecule has 0 spiro atoms. The highest BCUT2D eigenvalue weighted by molar-refractivity contribution is 5.96. The predicted molar refractivity (Wildman–Crippen MR) is 86.8 cm³/mol. The van der Waals surface area contributed by atoms with Crippen LogP contribution in [0.4, 0.5) is 0 Å². The van der Waals surface area contributed by atoms with E-state index in [2.05, 4.69) is 26.6 Å². The second-order valence-corrected chi connectivity index (χ2v) is 5.06. The average Bonchev–Trinajstić information content (AvgIpc) is 2.97. The van der Waals surface area contributed by atoms with Gasteiger partial charge in [-0.25, -0.2) is 5.43 Å². The fraction of sp³-hybridized carbons (Fsp3) is 0.118. The van der Waals surface area contributed by atoms with Gasteiger partial charge in [0.25, 0.3) is 5.91 Å². The molecule has 5 nitrogen and oxygen atoms in total. The van der Waals surface area contributed by atoms with Gasteiger partial charge in [0, 0.05) is 47.2 Å². The van der Waals surface area contributed by atoms with Gasteiger partial charge in [0.1, 0.15) is 0 Å². The van der Waals surface area contributed by atoms with Crippen LogP contribution >= 0.6 is 0 Å². The minimum atomic E-state index is -0.235. The summed E-state index contributed by atoms with van der Waals surface area (Å²) in [7, 11) is 0. The van der Waals surface area contributed by atoms with Crippen molar-refractivity contribution < 1.29 is 4.79 Å². The molecular weight excluding hydrogens is 276 g/mol. The number of para-hydroxylation sites is 1. The molecule has 0 atom stereocenters. The molecule has 2 N–H and O–H groups in total. The van der Waals surface area contributed by atoms with Crippen molar-refractivity contribution in [2.45, 2.75) is 13.3 Å². The van der Waals surface area contributed by atoms with E-state index in [1.807, 2.05) is 31.3 Å². The number of hydrazone groups is 1. The van der Waals surface area contributed by atoms with Crippen LogP contribution in [-0.2, 0) is 6.42 Å². The van der Waals surface area contributed by atoms with E-state index < -0.39 is 0 Å². The molecule has 3 rings (SSSR count). The summed E-state index contributed by atoms with van der Waals surface area (Å²) in [6.07, 6.45) is 5.82. The third-order valence-electron chi connectivity index (χ3n) is 3.41. The zero-order valence-corrected chi connectivity index (χ0v) is 12.2. The van der Waals surface area contributed by atoms with E-state index in [-0.39, 0.29) is 5.91 Å². The molecule has 1 aromatic carbocycles. The highest BCUT2D eigenvalue weighted by atomic mass is 16.2. The minimum Gasteiger partial charge on any atom is -0.361 e. The number of hydrogen-bond acceptors (Lipinski definition) is 3. The molecule has 1 amide bonds. The van der Waals surface area contributed by atoms with Crippen LogP contribution in [0.5, 0.6) is 0 Å². The molecule has 2 aromatic heterocycles. The van der Waals surface area contributed by atoms with Gasteiger partial charge < -0.3 is 4.98 Å². The first-order valence-electron chi connectivity index (χ1n) is 7.02. The first-order valence-corrected chi connectivity index (χ1v) is 7.02. The van der Waals surface area contributed by atoms with Crippen LogP contribution in [0.1, 0.15) is 22.8 Å². The molecule has 2 heterocycles. The molecule has 5 heteroatoms. The highest BCUT2D eigenvalue weighted by Gasteiger charge is 2.06. The Kier molecular flexibility index (Phi) is 3.96. The second-order valence-electron chi connectivity index (χ2n) is 5.06. The van der Waals surface area contributed by atoms with E-state index >= 15 is 0 Å². The van der Waals surface area contributed by atoms with E-state index in [0.29, 0.717) is 12.0 Å². The number of pyridine rings is 1. The van der Waals surface area contributed by atoms with Gasteiger partial charge in [0.05, 0.1) is 0 Å². The fourth-order valence-electron chi connectivity index (χ4n) is 2.31. The van der Waals surface area contributed by atoms with Gasteiger partial charge in [0.2, 0.25) is 0 Å². The summed E-state index contributed by atoms with van der Waals surface area (Å²) in [5, 5.41) is 5.34. The molecule has 3 aromatic rings. The number of aromatic amines is 1. The summed E-state index contributed by atoms with van der Waals surface area (Å²) in [6.45, 7) is 1.90. The molecular formula is C17H16N4O. The maximum Gasteiger partial charge on any atom is 0.271 e. The highest BCUT2D eigenvalue weighted by Crippen LogP contribution is 2.18. The maximum atomic E-state index is 11.9. The largest absolute Gasteiger partial charge is 0.361 e. The van der Waals surface area contributed by atoms with Crippen LogP contribution in [0.25, 0.3) is 10.9 Å². The van der Waals surface area contributed by atoms with Crippen molar-refractivity contribution in [2.75, 3.05) is 0 Å². The maximum absolute atomic E-state index is 11.9. The van der Waals surface area contributed by atoms with E-state index in [1.54, 1.807) is 24.5 Å². The zero-order valence-electron chi connectivity index (χ0n) is 12.2. The Labute approximate surface area is 128 Å². The van der Waals surface area contributed by atoms with E-state index in [4.69, 9.17) is 0 Å². The zero-order chi connectivity index (χ0) is 15.4. The minimum absolute atomic E-state index is 0.235. The van der Waals surface area contributed by atoms with Crippen LogP contribution in [-0.4, -0.2) is 21.6 Å². The standard InChI is InChI=1S/C17H16N4O/c1-12(20-21-17(22)13-6-8-18-9-7-13)10-14-11-19-16-5-3-2-4-15(14)16/h2-9,11,19H,10H2,1H3,(H,21,22)/b20-12+. The van der Waals surface area contributed by atoms with E-state index in [1.165, 1.54) is 5.39 Å². The summed E-state index contributed by atoms with van der Waals surface area (Å²) < 4.78 is 0. The number of carbonyl (C=O) groups is 1. The Bertz CT molecular complexity index is 821. The van der Waals surface area contributed by atoms with Gasteiger partial charge in [-0.3, -0.25) is 9.78 Å². The van der Waals surface area contributed by atoms with Crippen LogP contribution in [0, 0.1) is 0 Å². The first-order chi connectivity index (χ1) is 10.7. The molecule has 0 saturated carbocycles. The number of nitrogens with zero attached hydrogens (tertiary/aromatic N) is 2. The number of carbonyl (C=O) groups excluding carboxylic acids is 1. The Morgan fingerprint density at radius 3 is 2.82 bits per heavy atom. The van der Waals surface area contributed by atoms with Crippen molar-refractivity contribution in [3.05, 3.63) is 66.1 Å². The molecule has 110 valence electrons. The smallest absolute Gasteiger partial charge is 0.271 e. The normalized spacial score (nSPS) is 11.6. The number of rotatable bonds is 4. The Morgan fingerprint density at radius 1 is 1.23 bits per heavy atom. The quantitative estimate of drug-likeness (QED) is 0.573. The van der Waals surface area contributed by atoms with Crippen LogP contribution in [0.15, 0.2) is 60.1 Å². The van der Waals surface area contributed by atoms with Crippen LogP contribution < -0.4 is 5.43 Å². The second kappa shape index (κ2) is 6.22. The van der Waals surface area contributed by atoms with Crippen molar-refractivity contribution in [1.82, 2.24) is 15.4 Å². The third kappa shape index (κ3) is 3.03. The first kappa shape index (κ1) is 14.0. The summed E-state index contributed by atoms with van der Waals surface area (Å²) >= 11 is 0. The molecule has 0 fully saturated rings. The summed E-state index contributed by atoms with van der Waals surface area (Å²) in [5.41, 5.74) is 6.22. The van der Waals surface area contributed by atoms with Crippen molar-refractivity contribution in [2.24, 2.45) is 5.10 Å². The number of benzene rings is 1. The Hall–Kier alpha value is -2.95. The Morgan fingerprint density at radius 2 is 2.00 bits per heavy atom. The van der Waals surface area contributed by atoms with Gasteiger partial charge >= 0.3 is 0 Å². The summed E-state index contributed by atoms with van der Waals surface area (Å²) in [5.74, 6) is -0.235. The van der Waals surface area contributed by atoms with Crippen molar-refractivity contribution in [3.63, 3.8) is 0 Å². The predicted octanol–water partition coefficient (Wildman–Crippen LogP) is 2.91. The van der Waals surface area contributed by atoms with Gasteiger partial charge in [-0.1, -0.05) is 18.2 Å².